The molecule has 1 radical (unpaired) electrons. The lowest BCUT2D eigenvalue weighted by molar-refractivity contribution is 0.544. The van der Waals surface area contributed by atoms with E-state index in [4.69, 9.17) is 0 Å². The van der Waals surface area contributed by atoms with E-state index in [1.807, 2.05) is 6.92 Å². The minimum Gasteiger partial charge on any atom is -0.361 e. The SMILES string of the molecule is Cc1ccc(F)c2c([CH]CF)c[nH]c12. The Labute approximate surface area is 80.7 Å². The van der Waals surface area contributed by atoms with E-state index in [0.717, 1.165) is 11.1 Å². The summed E-state index contributed by atoms with van der Waals surface area (Å²) in [6.07, 6.45) is 2.99. The summed E-state index contributed by atoms with van der Waals surface area (Å²) >= 11 is 0. The summed E-state index contributed by atoms with van der Waals surface area (Å²) < 4.78 is 25.5. The van der Waals surface area contributed by atoms with Gasteiger partial charge in [0, 0.05) is 18.0 Å². The van der Waals surface area contributed by atoms with Gasteiger partial charge in [-0.15, -0.1) is 0 Å². The van der Waals surface area contributed by atoms with Gasteiger partial charge < -0.3 is 4.98 Å². The second-order valence-electron chi connectivity index (χ2n) is 3.22. The first kappa shape index (κ1) is 9.19. The van der Waals surface area contributed by atoms with Crippen molar-refractivity contribution in [1.82, 2.24) is 4.98 Å². The van der Waals surface area contributed by atoms with E-state index < -0.39 is 6.67 Å². The highest BCUT2D eigenvalue weighted by Crippen LogP contribution is 2.25. The highest BCUT2D eigenvalue weighted by atomic mass is 19.1. The van der Waals surface area contributed by atoms with Crippen LogP contribution in [0.1, 0.15) is 11.1 Å². The zero-order chi connectivity index (χ0) is 10.1. The molecule has 0 saturated heterocycles. The molecule has 14 heavy (non-hydrogen) atoms. The van der Waals surface area contributed by atoms with Crippen molar-refractivity contribution in [3.63, 3.8) is 0 Å². The number of aromatic amines is 1. The van der Waals surface area contributed by atoms with Crippen LogP contribution in [0.4, 0.5) is 8.78 Å². The Morgan fingerprint density at radius 3 is 2.93 bits per heavy atom. The number of rotatable bonds is 2. The number of nitrogens with one attached hydrogen (secondary N) is 1. The van der Waals surface area contributed by atoms with Gasteiger partial charge in [0.1, 0.15) is 5.82 Å². The first-order valence-electron chi connectivity index (χ1n) is 4.39. The van der Waals surface area contributed by atoms with Gasteiger partial charge in [-0.2, -0.15) is 0 Å². The average molecular weight is 194 g/mol. The van der Waals surface area contributed by atoms with E-state index in [1.54, 1.807) is 12.3 Å². The number of aryl methyl sites for hydroxylation is 1. The summed E-state index contributed by atoms with van der Waals surface area (Å²) in [6.45, 7) is 1.30. The molecule has 2 aromatic rings. The predicted octanol–water partition coefficient (Wildman–Crippen LogP) is 3.14. The molecule has 0 aliphatic carbocycles. The van der Waals surface area contributed by atoms with E-state index in [9.17, 15) is 8.78 Å². The van der Waals surface area contributed by atoms with Crippen LogP contribution in [0.3, 0.4) is 0 Å². The number of H-pyrrole nitrogens is 1. The number of hydrogen-bond acceptors (Lipinski definition) is 0. The van der Waals surface area contributed by atoms with Gasteiger partial charge in [-0.05, 0) is 24.1 Å². The van der Waals surface area contributed by atoms with Crippen molar-refractivity contribution in [3.05, 3.63) is 41.7 Å². The molecule has 0 unspecified atom stereocenters. The lowest BCUT2D eigenvalue weighted by atomic mass is 10.1. The zero-order valence-electron chi connectivity index (χ0n) is 7.77. The Morgan fingerprint density at radius 2 is 2.21 bits per heavy atom. The van der Waals surface area contributed by atoms with Gasteiger partial charge in [-0.3, -0.25) is 4.39 Å². The summed E-state index contributed by atoms with van der Waals surface area (Å²) in [4.78, 5) is 2.94. The molecular weight excluding hydrogens is 184 g/mol. The highest BCUT2D eigenvalue weighted by Gasteiger charge is 2.10. The second kappa shape index (κ2) is 3.40. The molecule has 1 aromatic heterocycles. The molecule has 1 N–H and O–H groups in total. The van der Waals surface area contributed by atoms with Crippen LogP contribution in [0.5, 0.6) is 0 Å². The van der Waals surface area contributed by atoms with Crippen LogP contribution < -0.4 is 0 Å². The molecule has 73 valence electrons. The first-order valence-corrected chi connectivity index (χ1v) is 4.39. The van der Waals surface area contributed by atoms with Crippen molar-refractivity contribution in [3.8, 4) is 0 Å². The van der Waals surface area contributed by atoms with Gasteiger partial charge in [0.05, 0.1) is 12.2 Å². The van der Waals surface area contributed by atoms with Crippen molar-refractivity contribution < 1.29 is 8.78 Å². The molecule has 0 fully saturated rings. The number of benzene rings is 1. The normalized spacial score (nSPS) is 11.1. The average Bonchev–Trinajstić information content (AvgIpc) is 2.58. The predicted molar refractivity (Wildman–Crippen MR) is 52.4 cm³/mol. The van der Waals surface area contributed by atoms with E-state index in [0.29, 0.717) is 10.9 Å². The molecule has 0 bridgehead atoms. The Hall–Kier alpha value is -1.38. The fraction of sp³-hybridized carbons (Fsp3) is 0.182. The maximum atomic E-state index is 13.4. The molecule has 1 aromatic carbocycles. The van der Waals surface area contributed by atoms with E-state index in [2.05, 4.69) is 4.98 Å². The molecule has 1 heterocycles. The minimum absolute atomic E-state index is 0.313. The van der Waals surface area contributed by atoms with Crippen molar-refractivity contribution >= 4 is 10.9 Å². The van der Waals surface area contributed by atoms with Crippen molar-refractivity contribution in [2.75, 3.05) is 6.67 Å². The fourth-order valence-corrected chi connectivity index (χ4v) is 1.62. The summed E-state index contributed by atoms with van der Waals surface area (Å²) in [6, 6.07) is 3.11. The monoisotopic (exact) mass is 194 g/mol. The van der Waals surface area contributed by atoms with Crippen molar-refractivity contribution in [1.29, 1.82) is 0 Å². The van der Waals surface area contributed by atoms with Gasteiger partial charge in [-0.1, -0.05) is 6.07 Å². The number of fused-ring (bicyclic) bond motifs is 1. The molecular formula is C11H10F2N. The van der Waals surface area contributed by atoms with Crippen LogP contribution >= 0.6 is 0 Å². The largest absolute Gasteiger partial charge is 0.361 e. The third-order valence-corrected chi connectivity index (χ3v) is 2.32. The van der Waals surface area contributed by atoms with E-state index >= 15 is 0 Å². The number of halogens is 2. The third kappa shape index (κ3) is 1.29. The number of aromatic nitrogens is 1. The van der Waals surface area contributed by atoms with Crippen LogP contribution in [-0.4, -0.2) is 11.7 Å². The second-order valence-corrected chi connectivity index (χ2v) is 3.22. The van der Waals surface area contributed by atoms with Crippen LogP contribution in [-0.2, 0) is 0 Å². The lowest BCUT2D eigenvalue weighted by Gasteiger charge is -1.99. The van der Waals surface area contributed by atoms with Gasteiger partial charge in [0.15, 0.2) is 0 Å². The van der Waals surface area contributed by atoms with Gasteiger partial charge in [0.2, 0.25) is 0 Å². The van der Waals surface area contributed by atoms with Crippen LogP contribution in [0.2, 0.25) is 0 Å². The van der Waals surface area contributed by atoms with Crippen LogP contribution in [0.15, 0.2) is 18.3 Å². The molecule has 3 heteroatoms. The Bertz CT molecular complexity index is 460. The van der Waals surface area contributed by atoms with Gasteiger partial charge in [0.25, 0.3) is 0 Å². The van der Waals surface area contributed by atoms with Gasteiger partial charge >= 0.3 is 0 Å². The zero-order valence-corrected chi connectivity index (χ0v) is 7.77. The highest BCUT2D eigenvalue weighted by molar-refractivity contribution is 5.87. The Morgan fingerprint density at radius 1 is 1.43 bits per heavy atom. The Balaban J connectivity index is 2.70. The molecule has 0 spiro atoms. The lowest BCUT2D eigenvalue weighted by Crippen LogP contribution is -1.85. The minimum atomic E-state index is -0.583. The van der Waals surface area contributed by atoms with Crippen molar-refractivity contribution in [2.45, 2.75) is 6.92 Å². The number of alkyl halides is 1. The Kier molecular flexibility index (Phi) is 2.23. The van der Waals surface area contributed by atoms with Crippen molar-refractivity contribution in [2.24, 2.45) is 0 Å². The van der Waals surface area contributed by atoms with E-state index in [1.165, 1.54) is 12.5 Å². The molecule has 1 nitrogen and oxygen atoms in total. The smallest absolute Gasteiger partial charge is 0.132 e. The summed E-state index contributed by atoms with van der Waals surface area (Å²) in [5.41, 5.74) is 2.29. The van der Waals surface area contributed by atoms with E-state index in [-0.39, 0.29) is 5.82 Å². The molecule has 0 aliphatic heterocycles. The van der Waals surface area contributed by atoms with Gasteiger partial charge in [-0.25, -0.2) is 4.39 Å². The number of hydrogen-bond donors (Lipinski definition) is 1. The standard InChI is InChI=1S/C11H10F2N/c1-7-2-3-9(13)10-8(4-5-12)6-14-11(7)10/h2-4,6,14H,5H2,1H3. The topological polar surface area (TPSA) is 15.8 Å². The molecule has 2 rings (SSSR count). The maximum absolute atomic E-state index is 13.4. The maximum Gasteiger partial charge on any atom is 0.132 e. The quantitative estimate of drug-likeness (QED) is 0.755. The first-order chi connectivity index (χ1) is 6.74. The fourth-order valence-electron chi connectivity index (χ4n) is 1.62. The van der Waals surface area contributed by atoms with Crippen LogP contribution in [0.25, 0.3) is 10.9 Å². The molecule has 0 aliphatic rings. The molecule has 0 atom stereocenters. The summed E-state index contributed by atoms with van der Waals surface area (Å²) in [7, 11) is 0. The molecule has 0 amide bonds. The summed E-state index contributed by atoms with van der Waals surface area (Å²) in [5, 5.41) is 0.475. The third-order valence-electron chi connectivity index (χ3n) is 2.32. The van der Waals surface area contributed by atoms with Crippen LogP contribution in [0, 0.1) is 19.2 Å². The molecule has 0 saturated carbocycles. The summed E-state index contributed by atoms with van der Waals surface area (Å²) in [5.74, 6) is -0.313.